The van der Waals surface area contributed by atoms with Gasteiger partial charge in [-0.15, -0.1) is 0 Å². The molecule has 120 valence electrons. The van der Waals surface area contributed by atoms with Crippen LogP contribution in [0.1, 0.15) is 26.3 Å². The first kappa shape index (κ1) is 16.6. The Morgan fingerprint density at radius 2 is 1.65 bits per heavy atom. The second-order valence-corrected chi connectivity index (χ2v) is 4.90. The average molecular weight is 315 g/mol. The van der Waals surface area contributed by atoms with Crippen molar-refractivity contribution < 1.29 is 14.0 Å². The largest absolute Gasteiger partial charge is 0.351 e. The van der Waals surface area contributed by atoms with Gasteiger partial charge >= 0.3 is 0 Å². The van der Waals surface area contributed by atoms with E-state index in [9.17, 15) is 14.0 Å². The van der Waals surface area contributed by atoms with E-state index in [0.29, 0.717) is 18.7 Å². The van der Waals surface area contributed by atoms with Crippen LogP contribution in [0.25, 0.3) is 0 Å². The molecule has 0 aromatic heterocycles. The number of carbonyl (C=O) groups excluding carboxylic acids is 2. The molecule has 0 atom stereocenters. The first-order chi connectivity index (χ1) is 11.1. The van der Waals surface area contributed by atoms with Gasteiger partial charge in [-0.1, -0.05) is 24.3 Å². The third-order valence-corrected chi connectivity index (χ3v) is 3.22. The second-order valence-electron chi connectivity index (χ2n) is 4.90. The van der Waals surface area contributed by atoms with Crippen molar-refractivity contribution in [3.8, 4) is 0 Å². The van der Waals surface area contributed by atoms with Crippen LogP contribution < -0.4 is 16.4 Å². The van der Waals surface area contributed by atoms with E-state index < -0.39 is 11.7 Å². The standard InChI is InChI=1S/C17H18FN3O2/c18-15-4-2-1-3-14(15)17(23)21-11-12-5-7-13(8-6-12)16(22)20-10-9-19/h1-8H,9-11,19H2,(H,20,22)(H,21,23). The van der Waals surface area contributed by atoms with Gasteiger partial charge in [0.15, 0.2) is 0 Å². The van der Waals surface area contributed by atoms with Crippen LogP contribution in [-0.2, 0) is 6.54 Å². The maximum Gasteiger partial charge on any atom is 0.254 e. The lowest BCUT2D eigenvalue weighted by molar-refractivity contribution is 0.0940. The van der Waals surface area contributed by atoms with E-state index in [2.05, 4.69) is 10.6 Å². The van der Waals surface area contributed by atoms with Gasteiger partial charge < -0.3 is 16.4 Å². The summed E-state index contributed by atoms with van der Waals surface area (Å²) in [6, 6.07) is 12.6. The number of amides is 2. The van der Waals surface area contributed by atoms with Gasteiger partial charge in [-0.25, -0.2) is 4.39 Å². The molecule has 0 saturated carbocycles. The number of rotatable bonds is 6. The molecule has 23 heavy (non-hydrogen) atoms. The van der Waals surface area contributed by atoms with Crippen molar-refractivity contribution in [3.63, 3.8) is 0 Å². The summed E-state index contributed by atoms with van der Waals surface area (Å²) in [6.07, 6.45) is 0. The zero-order valence-corrected chi connectivity index (χ0v) is 12.5. The molecule has 0 radical (unpaired) electrons. The van der Waals surface area contributed by atoms with Crippen LogP contribution in [0.3, 0.4) is 0 Å². The molecule has 0 heterocycles. The summed E-state index contributed by atoms with van der Waals surface area (Å²) >= 11 is 0. The van der Waals surface area contributed by atoms with E-state index in [1.165, 1.54) is 18.2 Å². The summed E-state index contributed by atoms with van der Waals surface area (Å²) in [7, 11) is 0. The van der Waals surface area contributed by atoms with Crippen LogP contribution in [0.5, 0.6) is 0 Å². The van der Waals surface area contributed by atoms with Gasteiger partial charge in [0.1, 0.15) is 5.82 Å². The fourth-order valence-electron chi connectivity index (χ4n) is 1.98. The summed E-state index contributed by atoms with van der Waals surface area (Å²) < 4.78 is 13.5. The highest BCUT2D eigenvalue weighted by atomic mass is 19.1. The van der Waals surface area contributed by atoms with Crippen molar-refractivity contribution in [1.82, 2.24) is 10.6 Å². The molecule has 2 aromatic rings. The SMILES string of the molecule is NCCNC(=O)c1ccc(CNC(=O)c2ccccc2F)cc1. The summed E-state index contributed by atoms with van der Waals surface area (Å²) in [5, 5.41) is 5.31. The molecule has 0 aliphatic heterocycles. The molecule has 2 aromatic carbocycles. The number of hydrogen-bond donors (Lipinski definition) is 3. The molecule has 0 bridgehead atoms. The van der Waals surface area contributed by atoms with Gasteiger partial charge in [-0.05, 0) is 29.8 Å². The number of carbonyl (C=O) groups is 2. The zero-order valence-electron chi connectivity index (χ0n) is 12.5. The first-order valence-electron chi connectivity index (χ1n) is 7.21. The Morgan fingerprint density at radius 3 is 2.30 bits per heavy atom. The fraction of sp³-hybridized carbons (Fsp3) is 0.176. The van der Waals surface area contributed by atoms with Gasteiger partial charge in [-0.3, -0.25) is 9.59 Å². The number of halogens is 1. The van der Waals surface area contributed by atoms with E-state index in [4.69, 9.17) is 5.73 Å². The Morgan fingerprint density at radius 1 is 0.957 bits per heavy atom. The van der Waals surface area contributed by atoms with Crippen LogP contribution in [0.4, 0.5) is 4.39 Å². The average Bonchev–Trinajstić information content (AvgIpc) is 2.58. The molecule has 0 spiro atoms. The third-order valence-electron chi connectivity index (χ3n) is 3.22. The normalized spacial score (nSPS) is 10.2. The number of hydrogen-bond acceptors (Lipinski definition) is 3. The fourth-order valence-corrected chi connectivity index (χ4v) is 1.98. The smallest absolute Gasteiger partial charge is 0.254 e. The molecule has 0 aliphatic carbocycles. The summed E-state index contributed by atoms with van der Waals surface area (Å²) in [6.45, 7) is 1.04. The Bertz CT molecular complexity index is 686. The number of nitrogens with two attached hydrogens (primary N) is 1. The van der Waals surface area contributed by atoms with Crippen molar-refractivity contribution in [1.29, 1.82) is 0 Å². The molecule has 0 saturated heterocycles. The van der Waals surface area contributed by atoms with Crippen LogP contribution in [0.2, 0.25) is 0 Å². The van der Waals surface area contributed by atoms with Crippen LogP contribution in [0, 0.1) is 5.82 Å². The lowest BCUT2D eigenvalue weighted by Gasteiger charge is -2.07. The van der Waals surface area contributed by atoms with Gasteiger partial charge in [-0.2, -0.15) is 0 Å². The van der Waals surface area contributed by atoms with Gasteiger partial charge in [0, 0.05) is 25.2 Å². The lowest BCUT2D eigenvalue weighted by atomic mass is 10.1. The Balaban J connectivity index is 1.93. The highest BCUT2D eigenvalue weighted by Crippen LogP contribution is 2.08. The highest BCUT2D eigenvalue weighted by molar-refractivity contribution is 5.95. The Labute approximate surface area is 133 Å². The monoisotopic (exact) mass is 315 g/mol. The van der Waals surface area contributed by atoms with Crippen molar-refractivity contribution in [2.75, 3.05) is 13.1 Å². The van der Waals surface area contributed by atoms with E-state index in [0.717, 1.165) is 5.56 Å². The van der Waals surface area contributed by atoms with E-state index in [-0.39, 0.29) is 18.0 Å². The molecule has 4 N–H and O–H groups in total. The summed E-state index contributed by atoms with van der Waals surface area (Å²) in [4.78, 5) is 23.6. The summed E-state index contributed by atoms with van der Waals surface area (Å²) in [5.41, 5.74) is 6.66. The van der Waals surface area contributed by atoms with Crippen molar-refractivity contribution in [2.45, 2.75) is 6.54 Å². The van der Waals surface area contributed by atoms with Crippen LogP contribution in [-0.4, -0.2) is 24.9 Å². The lowest BCUT2D eigenvalue weighted by Crippen LogP contribution is -2.29. The van der Waals surface area contributed by atoms with Gasteiger partial charge in [0.2, 0.25) is 0 Å². The minimum absolute atomic E-state index is 0.00489. The predicted molar refractivity (Wildman–Crippen MR) is 85.4 cm³/mol. The molecular formula is C17H18FN3O2. The molecule has 6 heteroatoms. The zero-order chi connectivity index (χ0) is 16.7. The third kappa shape index (κ3) is 4.62. The Kier molecular flexibility index (Phi) is 5.82. The van der Waals surface area contributed by atoms with Crippen molar-refractivity contribution >= 4 is 11.8 Å². The number of benzene rings is 2. The van der Waals surface area contributed by atoms with Crippen molar-refractivity contribution in [3.05, 3.63) is 71.0 Å². The molecule has 5 nitrogen and oxygen atoms in total. The highest BCUT2D eigenvalue weighted by Gasteiger charge is 2.10. The van der Waals surface area contributed by atoms with Crippen LogP contribution >= 0.6 is 0 Å². The van der Waals surface area contributed by atoms with E-state index >= 15 is 0 Å². The predicted octanol–water partition coefficient (Wildman–Crippen LogP) is 1.44. The maximum absolute atomic E-state index is 13.5. The summed E-state index contributed by atoms with van der Waals surface area (Å²) in [5.74, 6) is -1.23. The molecule has 0 fully saturated rings. The van der Waals surface area contributed by atoms with Crippen molar-refractivity contribution in [2.24, 2.45) is 5.73 Å². The molecular weight excluding hydrogens is 297 g/mol. The van der Waals surface area contributed by atoms with Gasteiger partial charge in [0.05, 0.1) is 5.56 Å². The minimum atomic E-state index is -0.558. The van der Waals surface area contributed by atoms with Crippen LogP contribution in [0.15, 0.2) is 48.5 Å². The maximum atomic E-state index is 13.5. The first-order valence-corrected chi connectivity index (χ1v) is 7.21. The molecule has 0 aliphatic rings. The second kappa shape index (κ2) is 8.05. The van der Waals surface area contributed by atoms with Gasteiger partial charge in [0.25, 0.3) is 11.8 Å². The number of nitrogens with one attached hydrogen (secondary N) is 2. The minimum Gasteiger partial charge on any atom is -0.351 e. The Hall–Kier alpha value is -2.73. The van der Waals surface area contributed by atoms with E-state index in [1.807, 2.05) is 0 Å². The van der Waals surface area contributed by atoms with E-state index in [1.54, 1.807) is 30.3 Å². The molecule has 0 unspecified atom stereocenters. The molecule has 2 rings (SSSR count). The molecule has 2 amide bonds. The topological polar surface area (TPSA) is 84.2 Å². The quantitative estimate of drug-likeness (QED) is 0.754.